The Bertz CT molecular complexity index is 224. The van der Waals surface area contributed by atoms with E-state index in [1.165, 1.54) is 52.1 Å². The van der Waals surface area contributed by atoms with Crippen molar-refractivity contribution in [3.05, 3.63) is 0 Å². The maximum Gasteiger partial charge on any atom is 0.0136 e. The lowest BCUT2D eigenvalue weighted by Crippen LogP contribution is -2.47. The summed E-state index contributed by atoms with van der Waals surface area (Å²) in [5.41, 5.74) is 0. The van der Waals surface area contributed by atoms with Crippen LogP contribution in [0.3, 0.4) is 0 Å². The standard InChI is InChI=1S/C14H29N3/c1-12(2)10-14-13(4-7-16(14)3)11-17-8-5-15-6-9-17/h12-15H,4-11H2,1-3H3/t13-,14-/m1/s1. The van der Waals surface area contributed by atoms with Gasteiger partial charge < -0.3 is 15.1 Å². The van der Waals surface area contributed by atoms with Gasteiger partial charge in [0, 0.05) is 38.8 Å². The van der Waals surface area contributed by atoms with Crippen LogP contribution in [-0.2, 0) is 0 Å². The fourth-order valence-electron chi connectivity index (χ4n) is 3.38. The first kappa shape index (κ1) is 13.3. The van der Waals surface area contributed by atoms with Crippen LogP contribution in [0.4, 0.5) is 0 Å². The van der Waals surface area contributed by atoms with Crippen LogP contribution < -0.4 is 5.32 Å². The van der Waals surface area contributed by atoms with Gasteiger partial charge in [-0.3, -0.25) is 0 Å². The zero-order valence-electron chi connectivity index (χ0n) is 11.8. The smallest absolute Gasteiger partial charge is 0.0136 e. The maximum atomic E-state index is 3.44. The lowest BCUT2D eigenvalue weighted by atomic mass is 9.92. The molecule has 2 heterocycles. The molecule has 2 aliphatic heterocycles. The molecule has 0 aliphatic carbocycles. The summed E-state index contributed by atoms with van der Waals surface area (Å²) < 4.78 is 0. The highest BCUT2D eigenvalue weighted by Gasteiger charge is 2.33. The molecule has 0 amide bonds. The maximum absolute atomic E-state index is 3.44. The Balaban J connectivity index is 1.85. The molecule has 2 saturated heterocycles. The van der Waals surface area contributed by atoms with Crippen molar-refractivity contribution in [3.63, 3.8) is 0 Å². The van der Waals surface area contributed by atoms with Crippen molar-refractivity contribution in [2.45, 2.75) is 32.7 Å². The van der Waals surface area contributed by atoms with E-state index in [0.29, 0.717) is 0 Å². The summed E-state index contributed by atoms with van der Waals surface area (Å²) >= 11 is 0. The zero-order chi connectivity index (χ0) is 12.3. The molecule has 2 atom stereocenters. The third kappa shape index (κ3) is 3.67. The summed E-state index contributed by atoms with van der Waals surface area (Å²) in [6.07, 6.45) is 2.77. The first-order valence-electron chi connectivity index (χ1n) is 7.30. The van der Waals surface area contributed by atoms with Gasteiger partial charge >= 0.3 is 0 Å². The third-order valence-electron chi connectivity index (χ3n) is 4.38. The van der Waals surface area contributed by atoms with Crippen molar-refractivity contribution in [2.24, 2.45) is 11.8 Å². The topological polar surface area (TPSA) is 18.5 Å². The third-order valence-corrected chi connectivity index (χ3v) is 4.38. The molecule has 1 N–H and O–H groups in total. The van der Waals surface area contributed by atoms with E-state index in [1.54, 1.807) is 0 Å². The lowest BCUT2D eigenvalue weighted by molar-refractivity contribution is 0.164. The number of piperazine rings is 1. The van der Waals surface area contributed by atoms with Gasteiger partial charge in [0.05, 0.1) is 0 Å². The fraction of sp³-hybridized carbons (Fsp3) is 1.00. The van der Waals surface area contributed by atoms with Gasteiger partial charge in [-0.25, -0.2) is 0 Å². The normalized spacial score (nSPS) is 32.5. The van der Waals surface area contributed by atoms with Gasteiger partial charge in [-0.05, 0) is 38.3 Å². The minimum atomic E-state index is 0.824. The van der Waals surface area contributed by atoms with E-state index < -0.39 is 0 Å². The molecule has 0 saturated carbocycles. The Morgan fingerprint density at radius 1 is 1.18 bits per heavy atom. The molecule has 0 aromatic rings. The van der Waals surface area contributed by atoms with Crippen LogP contribution in [0.25, 0.3) is 0 Å². The predicted molar refractivity (Wildman–Crippen MR) is 73.3 cm³/mol. The van der Waals surface area contributed by atoms with Gasteiger partial charge in [0.25, 0.3) is 0 Å². The van der Waals surface area contributed by atoms with E-state index in [0.717, 1.165) is 17.9 Å². The van der Waals surface area contributed by atoms with Crippen molar-refractivity contribution >= 4 is 0 Å². The van der Waals surface area contributed by atoms with Crippen LogP contribution in [0.1, 0.15) is 26.7 Å². The van der Waals surface area contributed by atoms with Crippen molar-refractivity contribution in [1.82, 2.24) is 15.1 Å². The van der Waals surface area contributed by atoms with Crippen LogP contribution in [0.2, 0.25) is 0 Å². The van der Waals surface area contributed by atoms with Gasteiger partial charge in [0.1, 0.15) is 0 Å². The van der Waals surface area contributed by atoms with Crippen molar-refractivity contribution < 1.29 is 0 Å². The van der Waals surface area contributed by atoms with E-state index >= 15 is 0 Å². The average molecular weight is 239 g/mol. The van der Waals surface area contributed by atoms with Gasteiger partial charge in [-0.1, -0.05) is 13.8 Å². The summed E-state index contributed by atoms with van der Waals surface area (Å²) in [6, 6.07) is 0.824. The average Bonchev–Trinajstić information content (AvgIpc) is 2.62. The fourth-order valence-corrected chi connectivity index (χ4v) is 3.38. The first-order chi connectivity index (χ1) is 8.16. The number of likely N-dealkylation sites (tertiary alicyclic amines) is 1. The lowest BCUT2D eigenvalue weighted by Gasteiger charge is -2.33. The van der Waals surface area contributed by atoms with Crippen molar-refractivity contribution in [2.75, 3.05) is 46.3 Å². The molecule has 3 nitrogen and oxygen atoms in total. The van der Waals surface area contributed by atoms with Gasteiger partial charge in [0.2, 0.25) is 0 Å². The molecular formula is C14H29N3. The molecule has 0 radical (unpaired) electrons. The Labute approximate surface area is 107 Å². The quantitative estimate of drug-likeness (QED) is 0.797. The van der Waals surface area contributed by atoms with Gasteiger partial charge in [0.15, 0.2) is 0 Å². The molecule has 0 spiro atoms. The van der Waals surface area contributed by atoms with E-state index in [1.807, 2.05) is 0 Å². The summed E-state index contributed by atoms with van der Waals surface area (Å²) in [4.78, 5) is 5.25. The predicted octanol–water partition coefficient (Wildman–Crippen LogP) is 1.26. The van der Waals surface area contributed by atoms with Crippen LogP contribution in [0, 0.1) is 11.8 Å². The number of nitrogens with zero attached hydrogens (tertiary/aromatic N) is 2. The number of hydrogen-bond acceptors (Lipinski definition) is 3. The number of rotatable bonds is 4. The Morgan fingerprint density at radius 3 is 2.53 bits per heavy atom. The van der Waals surface area contributed by atoms with Crippen LogP contribution in [0.15, 0.2) is 0 Å². The van der Waals surface area contributed by atoms with E-state index in [4.69, 9.17) is 0 Å². The molecule has 17 heavy (non-hydrogen) atoms. The molecule has 0 unspecified atom stereocenters. The van der Waals surface area contributed by atoms with Crippen molar-refractivity contribution in [3.8, 4) is 0 Å². The first-order valence-corrected chi connectivity index (χ1v) is 7.30. The van der Waals surface area contributed by atoms with E-state index in [-0.39, 0.29) is 0 Å². The second-order valence-corrected chi connectivity index (χ2v) is 6.28. The Hall–Kier alpha value is -0.120. The molecule has 100 valence electrons. The highest BCUT2D eigenvalue weighted by Crippen LogP contribution is 2.28. The summed E-state index contributed by atoms with van der Waals surface area (Å²) in [6.45, 7) is 12.2. The summed E-state index contributed by atoms with van der Waals surface area (Å²) in [5.74, 6) is 1.73. The second-order valence-electron chi connectivity index (χ2n) is 6.28. The molecular weight excluding hydrogens is 210 g/mol. The van der Waals surface area contributed by atoms with Crippen molar-refractivity contribution in [1.29, 1.82) is 0 Å². The second kappa shape index (κ2) is 6.17. The minimum Gasteiger partial charge on any atom is -0.314 e. The van der Waals surface area contributed by atoms with Crippen LogP contribution in [0.5, 0.6) is 0 Å². The van der Waals surface area contributed by atoms with Gasteiger partial charge in [-0.15, -0.1) is 0 Å². The summed E-state index contributed by atoms with van der Waals surface area (Å²) in [7, 11) is 2.31. The monoisotopic (exact) mass is 239 g/mol. The molecule has 0 aromatic carbocycles. The van der Waals surface area contributed by atoms with Crippen LogP contribution in [-0.4, -0.2) is 62.2 Å². The SMILES string of the molecule is CC(C)C[C@@H]1[C@@H](CN2CCNCC2)CCN1C. The zero-order valence-corrected chi connectivity index (χ0v) is 11.8. The van der Waals surface area contributed by atoms with E-state index in [2.05, 4.69) is 36.0 Å². The molecule has 2 aliphatic rings. The van der Waals surface area contributed by atoms with Crippen LogP contribution >= 0.6 is 0 Å². The number of hydrogen-bond donors (Lipinski definition) is 1. The highest BCUT2D eigenvalue weighted by atomic mass is 15.2. The van der Waals surface area contributed by atoms with E-state index in [9.17, 15) is 0 Å². The number of nitrogens with one attached hydrogen (secondary N) is 1. The molecule has 3 heteroatoms. The summed E-state index contributed by atoms with van der Waals surface area (Å²) in [5, 5.41) is 3.44. The molecule has 0 aromatic heterocycles. The Morgan fingerprint density at radius 2 is 1.88 bits per heavy atom. The minimum absolute atomic E-state index is 0.824. The molecule has 0 bridgehead atoms. The Kier molecular flexibility index (Phi) is 4.83. The molecule has 2 fully saturated rings. The highest BCUT2D eigenvalue weighted by molar-refractivity contribution is 4.88. The largest absolute Gasteiger partial charge is 0.314 e. The van der Waals surface area contributed by atoms with Gasteiger partial charge in [-0.2, -0.15) is 0 Å². The molecule has 2 rings (SSSR count).